The molecule has 7 nitrogen and oxygen atoms in total. The van der Waals surface area contributed by atoms with Gasteiger partial charge in [-0.1, -0.05) is 0 Å². The van der Waals surface area contributed by atoms with E-state index < -0.39 is 11.7 Å². The number of hydrogen-bond donors (Lipinski definition) is 2. The van der Waals surface area contributed by atoms with Crippen LogP contribution < -0.4 is 10.1 Å². The Morgan fingerprint density at radius 1 is 1.55 bits per heavy atom. The van der Waals surface area contributed by atoms with Gasteiger partial charge in [0.1, 0.15) is 18.0 Å². The number of amides is 1. The first-order chi connectivity index (χ1) is 9.40. The third-order valence-corrected chi connectivity index (χ3v) is 1.86. The first kappa shape index (κ1) is 15.9. The van der Waals surface area contributed by atoms with Crippen LogP contribution >= 0.6 is 0 Å². The van der Waals surface area contributed by atoms with Gasteiger partial charge in [0, 0.05) is 12.3 Å². The number of aliphatic hydroxyl groups excluding tert-OH is 1. The lowest BCUT2D eigenvalue weighted by molar-refractivity contribution is 0.0565. The molecule has 0 saturated heterocycles. The second kappa shape index (κ2) is 7.44. The molecule has 0 bridgehead atoms. The summed E-state index contributed by atoms with van der Waals surface area (Å²) >= 11 is 0. The zero-order valence-electron chi connectivity index (χ0n) is 11.8. The molecule has 2 N–H and O–H groups in total. The van der Waals surface area contributed by atoms with Gasteiger partial charge >= 0.3 is 6.09 Å². The predicted molar refractivity (Wildman–Crippen MR) is 74.3 cm³/mol. The average Bonchev–Trinajstić information content (AvgIpc) is 2.34. The summed E-state index contributed by atoms with van der Waals surface area (Å²) in [5.41, 5.74) is -0.561. The summed E-state index contributed by atoms with van der Waals surface area (Å²) < 4.78 is 10.3. The number of carbonyl (C=O) groups is 1. The highest BCUT2D eigenvalue weighted by atomic mass is 16.6. The van der Waals surface area contributed by atoms with Crippen LogP contribution in [0.1, 0.15) is 20.8 Å². The number of nitrogens with zero attached hydrogens (tertiary/aromatic N) is 2. The van der Waals surface area contributed by atoms with Crippen molar-refractivity contribution in [3.63, 3.8) is 0 Å². The highest BCUT2D eigenvalue weighted by molar-refractivity contribution is 5.83. The number of alkyl carbamates (subject to hydrolysis) is 1. The molecule has 20 heavy (non-hydrogen) atoms. The fourth-order valence-electron chi connectivity index (χ4n) is 1.18. The Labute approximate surface area is 117 Å². The Kier molecular flexibility index (Phi) is 5.92. The summed E-state index contributed by atoms with van der Waals surface area (Å²) in [5, 5.41) is 11.0. The van der Waals surface area contributed by atoms with Crippen molar-refractivity contribution >= 4 is 18.2 Å². The van der Waals surface area contributed by atoms with Gasteiger partial charge in [0.05, 0.1) is 12.9 Å². The quantitative estimate of drug-likeness (QED) is 0.632. The fraction of sp³-hybridized carbons (Fsp3) is 0.462. The standard InChI is InChI=1S/C13H19N3O4/c1-13(2,3)20-12(18)16-9-15-11-8-10(4-5-14-11)19-7-6-17/h4-5,8-9,17H,6-7H2,1-3H3,(H,14,15,16,18). The maximum absolute atomic E-state index is 11.4. The highest BCUT2D eigenvalue weighted by Crippen LogP contribution is 2.16. The molecule has 0 unspecified atom stereocenters. The molecule has 1 amide bonds. The number of aliphatic imine (C=N–C) groups is 1. The Hall–Kier alpha value is -2.15. The van der Waals surface area contributed by atoms with Gasteiger partial charge in [-0.3, -0.25) is 5.32 Å². The molecule has 0 aliphatic carbocycles. The first-order valence-corrected chi connectivity index (χ1v) is 6.12. The van der Waals surface area contributed by atoms with Crippen LogP contribution in [-0.4, -0.2) is 41.3 Å². The second-order valence-electron chi connectivity index (χ2n) is 4.83. The molecule has 0 atom stereocenters. The topological polar surface area (TPSA) is 93.0 Å². The lowest BCUT2D eigenvalue weighted by atomic mass is 10.2. The second-order valence-corrected chi connectivity index (χ2v) is 4.83. The summed E-state index contributed by atoms with van der Waals surface area (Å²) in [7, 11) is 0. The fourth-order valence-corrected chi connectivity index (χ4v) is 1.18. The first-order valence-electron chi connectivity index (χ1n) is 6.12. The van der Waals surface area contributed by atoms with Crippen molar-refractivity contribution in [2.45, 2.75) is 26.4 Å². The van der Waals surface area contributed by atoms with Crippen molar-refractivity contribution in [3.05, 3.63) is 18.3 Å². The van der Waals surface area contributed by atoms with Gasteiger partial charge in [-0.2, -0.15) is 0 Å². The predicted octanol–water partition coefficient (Wildman–Crippen LogP) is 1.64. The van der Waals surface area contributed by atoms with Crippen LogP contribution in [-0.2, 0) is 4.74 Å². The normalized spacial score (nSPS) is 11.4. The van der Waals surface area contributed by atoms with Crippen molar-refractivity contribution in [2.75, 3.05) is 13.2 Å². The molecular formula is C13H19N3O4. The Morgan fingerprint density at radius 2 is 2.30 bits per heavy atom. The number of ether oxygens (including phenoxy) is 2. The Bertz CT molecular complexity index is 469. The number of pyridine rings is 1. The number of carbonyl (C=O) groups excluding carboxylic acids is 1. The van der Waals surface area contributed by atoms with E-state index in [1.54, 1.807) is 32.9 Å². The van der Waals surface area contributed by atoms with E-state index in [-0.39, 0.29) is 13.2 Å². The lowest BCUT2D eigenvalue weighted by Gasteiger charge is -2.18. The molecule has 110 valence electrons. The van der Waals surface area contributed by atoms with Gasteiger partial charge in [0.25, 0.3) is 0 Å². The average molecular weight is 281 g/mol. The molecule has 1 rings (SSSR count). The van der Waals surface area contributed by atoms with Crippen molar-refractivity contribution in [3.8, 4) is 5.75 Å². The van der Waals surface area contributed by atoms with Crippen LogP contribution in [0, 0.1) is 0 Å². The number of nitrogens with one attached hydrogen (secondary N) is 1. The van der Waals surface area contributed by atoms with Crippen molar-refractivity contribution in [1.29, 1.82) is 0 Å². The molecule has 0 fully saturated rings. The highest BCUT2D eigenvalue weighted by Gasteiger charge is 2.14. The molecule has 0 aliphatic heterocycles. The molecule has 0 spiro atoms. The molecule has 1 heterocycles. The summed E-state index contributed by atoms with van der Waals surface area (Å²) in [6.07, 6.45) is 2.13. The van der Waals surface area contributed by atoms with Gasteiger partial charge in [0.15, 0.2) is 5.82 Å². The van der Waals surface area contributed by atoms with Crippen LogP contribution in [0.2, 0.25) is 0 Å². The van der Waals surface area contributed by atoms with Gasteiger partial charge in [-0.15, -0.1) is 0 Å². The summed E-state index contributed by atoms with van der Waals surface area (Å²) in [4.78, 5) is 19.3. The van der Waals surface area contributed by atoms with Crippen molar-refractivity contribution in [2.24, 2.45) is 4.99 Å². The molecule has 0 radical (unpaired) electrons. The van der Waals surface area contributed by atoms with Crippen LogP contribution in [0.25, 0.3) is 0 Å². The van der Waals surface area contributed by atoms with E-state index in [0.717, 1.165) is 0 Å². The van der Waals surface area contributed by atoms with E-state index >= 15 is 0 Å². The van der Waals surface area contributed by atoms with Gasteiger partial charge in [0.2, 0.25) is 0 Å². The molecular weight excluding hydrogens is 262 g/mol. The van der Waals surface area contributed by atoms with E-state index in [1.165, 1.54) is 12.5 Å². The maximum Gasteiger partial charge on any atom is 0.412 e. The van der Waals surface area contributed by atoms with E-state index in [2.05, 4.69) is 15.3 Å². The number of rotatable bonds is 5. The zero-order chi connectivity index (χ0) is 15.0. The number of aromatic nitrogens is 1. The van der Waals surface area contributed by atoms with Crippen LogP contribution in [0.5, 0.6) is 5.75 Å². The third-order valence-electron chi connectivity index (χ3n) is 1.86. The molecule has 1 aromatic heterocycles. The van der Waals surface area contributed by atoms with Crippen molar-refractivity contribution < 1.29 is 19.4 Å². The Morgan fingerprint density at radius 3 is 2.95 bits per heavy atom. The number of hydrogen-bond acceptors (Lipinski definition) is 6. The molecule has 0 aromatic carbocycles. The SMILES string of the molecule is CC(C)(C)OC(=O)NC=Nc1cc(OCCO)ccn1. The van der Waals surface area contributed by atoms with Crippen LogP contribution in [0.3, 0.4) is 0 Å². The van der Waals surface area contributed by atoms with Crippen LogP contribution in [0.4, 0.5) is 10.6 Å². The molecule has 7 heteroatoms. The van der Waals surface area contributed by atoms with Gasteiger partial charge in [-0.25, -0.2) is 14.8 Å². The smallest absolute Gasteiger partial charge is 0.412 e. The van der Waals surface area contributed by atoms with E-state index in [0.29, 0.717) is 11.6 Å². The monoisotopic (exact) mass is 281 g/mol. The van der Waals surface area contributed by atoms with Gasteiger partial charge < -0.3 is 14.6 Å². The maximum atomic E-state index is 11.4. The third kappa shape index (κ3) is 6.69. The van der Waals surface area contributed by atoms with Crippen LogP contribution in [0.15, 0.2) is 23.3 Å². The molecule has 0 saturated carbocycles. The minimum absolute atomic E-state index is 0.0683. The summed E-state index contributed by atoms with van der Waals surface area (Å²) in [5.74, 6) is 0.912. The lowest BCUT2D eigenvalue weighted by Crippen LogP contribution is -2.31. The molecule has 1 aromatic rings. The minimum Gasteiger partial charge on any atom is -0.491 e. The minimum atomic E-state index is -0.589. The van der Waals surface area contributed by atoms with Crippen molar-refractivity contribution in [1.82, 2.24) is 10.3 Å². The number of aliphatic hydroxyl groups is 1. The Balaban J connectivity index is 2.51. The van der Waals surface area contributed by atoms with E-state index in [9.17, 15) is 4.79 Å². The van der Waals surface area contributed by atoms with Gasteiger partial charge in [-0.05, 0) is 26.8 Å². The summed E-state index contributed by atoms with van der Waals surface area (Å²) in [6, 6.07) is 3.24. The van der Waals surface area contributed by atoms with E-state index in [4.69, 9.17) is 14.6 Å². The van der Waals surface area contributed by atoms with E-state index in [1.807, 2.05) is 0 Å². The summed E-state index contributed by atoms with van der Waals surface area (Å²) in [6.45, 7) is 5.44. The zero-order valence-corrected chi connectivity index (χ0v) is 11.8. The molecule has 0 aliphatic rings. The largest absolute Gasteiger partial charge is 0.491 e.